The highest BCUT2D eigenvalue weighted by Gasteiger charge is 2.29. The number of likely N-dealkylation sites (tertiary alicyclic amines) is 1. The Morgan fingerprint density at radius 2 is 2.13 bits per heavy atom. The van der Waals surface area contributed by atoms with Crippen LogP contribution in [0.5, 0.6) is 0 Å². The standard InChI is InChI=1S/C12H20N2O/c1-12(2,3)10-4-5-11(15)14(8-6-10)9-7-13/h10H,4-6,8-9H2,1-3H3. The first-order valence-electron chi connectivity index (χ1n) is 5.60. The minimum absolute atomic E-state index is 0.142. The molecule has 0 radical (unpaired) electrons. The fraction of sp³-hybridized carbons (Fsp3) is 0.833. The molecule has 1 heterocycles. The van der Waals surface area contributed by atoms with E-state index in [0.29, 0.717) is 12.3 Å². The maximum absolute atomic E-state index is 11.7. The number of hydrogen-bond donors (Lipinski definition) is 0. The van der Waals surface area contributed by atoms with Crippen molar-refractivity contribution in [2.24, 2.45) is 11.3 Å². The number of hydrogen-bond acceptors (Lipinski definition) is 2. The average molecular weight is 208 g/mol. The van der Waals surface area contributed by atoms with E-state index in [-0.39, 0.29) is 17.9 Å². The molecule has 0 aromatic heterocycles. The third kappa shape index (κ3) is 3.23. The zero-order valence-corrected chi connectivity index (χ0v) is 9.92. The van der Waals surface area contributed by atoms with Gasteiger partial charge in [0.05, 0.1) is 6.07 Å². The fourth-order valence-corrected chi connectivity index (χ4v) is 2.16. The molecule has 0 aromatic carbocycles. The lowest BCUT2D eigenvalue weighted by molar-refractivity contribution is -0.130. The predicted octanol–water partition coefficient (Wildman–Crippen LogP) is 2.18. The van der Waals surface area contributed by atoms with Crippen LogP contribution in [-0.4, -0.2) is 23.9 Å². The summed E-state index contributed by atoms with van der Waals surface area (Å²) in [6, 6.07) is 2.05. The Labute approximate surface area is 92.1 Å². The maximum Gasteiger partial charge on any atom is 0.223 e. The van der Waals surface area contributed by atoms with Crippen LogP contribution >= 0.6 is 0 Å². The van der Waals surface area contributed by atoms with E-state index in [1.54, 1.807) is 4.90 Å². The fourth-order valence-electron chi connectivity index (χ4n) is 2.16. The Bertz CT molecular complexity index is 272. The van der Waals surface area contributed by atoms with Crippen LogP contribution in [0.2, 0.25) is 0 Å². The number of amides is 1. The predicted molar refractivity (Wildman–Crippen MR) is 59.0 cm³/mol. The molecule has 0 aliphatic carbocycles. The lowest BCUT2D eigenvalue weighted by atomic mass is 9.77. The van der Waals surface area contributed by atoms with Crippen molar-refractivity contribution in [3.63, 3.8) is 0 Å². The third-order valence-corrected chi connectivity index (χ3v) is 3.29. The van der Waals surface area contributed by atoms with Crippen LogP contribution in [0.25, 0.3) is 0 Å². The normalized spacial score (nSPS) is 23.5. The molecule has 1 atom stereocenters. The van der Waals surface area contributed by atoms with Crippen molar-refractivity contribution in [3.8, 4) is 6.07 Å². The monoisotopic (exact) mass is 208 g/mol. The molecular formula is C12H20N2O. The Hall–Kier alpha value is -1.04. The van der Waals surface area contributed by atoms with Gasteiger partial charge < -0.3 is 4.90 Å². The van der Waals surface area contributed by atoms with E-state index >= 15 is 0 Å². The molecule has 0 N–H and O–H groups in total. The maximum atomic E-state index is 11.7. The zero-order valence-electron chi connectivity index (χ0n) is 9.92. The summed E-state index contributed by atoms with van der Waals surface area (Å²) in [5.41, 5.74) is 0.267. The lowest BCUT2D eigenvalue weighted by Gasteiger charge is -2.29. The molecule has 1 rings (SSSR count). The Morgan fingerprint density at radius 3 is 2.67 bits per heavy atom. The molecule has 3 nitrogen and oxygen atoms in total. The Kier molecular flexibility index (Phi) is 3.73. The number of carbonyl (C=O) groups excluding carboxylic acids is 1. The average Bonchev–Trinajstić information content (AvgIpc) is 2.29. The molecule has 0 bridgehead atoms. The molecular weight excluding hydrogens is 188 g/mol. The van der Waals surface area contributed by atoms with Crippen LogP contribution in [0.3, 0.4) is 0 Å². The van der Waals surface area contributed by atoms with Gasteiger partial charge in [0.25, 0.3) is 0 Å². The van der Waals surface area contributed by atoms with E-state index in [1.807, 2.05) is 0 Å². The second-order valence-electron chi connectivity index (χ2n) is 5.36. The second kappa shape index (κ2) is 4.65. The van der Waals surface area contributed by atoms with Gasteiger partial charge in [-0.2, -0.15) is 5.26 Å². The van der Waals surface area contributed by atoms with Crippen LogP contribution in [0.4, 0.5) is 0 Å². The number of carbonyl (C=O) groups is 1. The van der Waals surface area contributed by atoms with E-state index in [1.165, 1.54) is 0 Å². The third-order valence-electron chi connectivity index (χ3n) is 3.29. The highest BCUT2D eigenvalue weighted by Crippen LogP contribution is 2.34. The number of rotatable bonds is 1. The smallest absolute Gasteiger partial charge is 0.223 e. The van der Waals surface area contributed by atoms with Crippen molar-refractivity contribution >= 4 is 5.91 Å². The van der Waals surface area contributed by atoms with Gasteiger partial charge in [-0.1, -0.05) is 20.8 Å². The minimum atomic E-state index is 0.142. The van der Waals surface area contributed by atoms with Crippen molar-refractivity contribution in [2.75, 3.05) is 13.1 Å². The van der Waals surface area contributed by atoms with Crippen molar-refractivity contribution in [2.45, 2.75) is 40.0 Å². The molecule has 0 aromatic rings. The van der Waals surface area contributed by atoms with Gasteiger partial charge in [-0.25, -0.2) is 0 Å². The van der Waals surface area contributed by atoms with Gasteiger partial charge in [0, 0.05) is 13.0 Å². The lowest BCUT2D eigenvalue weighted by Crippen LogP contribution is -2.30. The van der Waals surface area contributed by atoms with Gasteiger partial charge in [0.15, 0.2) is 0 Å². The summed E-state index contributed by atoms with van der Waals surface area (Å²) >= 11 is 0. The molecule has 84 valence electrons. The largest absolute Gasteiger partial charge is 0.329 e. The summed E-state index contributed by atoms with van der Waals surface area (Å²) < 4.78 is 0. The molecule has 0 saturated carbocycles. The molecule has 1 fully saturated rings. The van der Waals surface area contributed by atoms with Crippen LogP contribution in [0.15, 0.2) is 0 Å². The summed E-state index contributed by atoms with van der Waals surface area (Å²) in [4.78, 5) is 13.3. The molecule has 1 aliphatic heterocycles. The number of nitriles is 1. The molecule has 0 spiro atoms. The zero-order chi connectivity index (χ0) is 11.5. The highest BCUT2D eigenvalue weighted by molar-refractivity contribution is 5.76. The molecule has 1 saturated heterocycles. The first kappa shape index (κ1) is 12.0. The molecule has 1 unspecified atom stereocenters. The molecule has 1 amide bonds. The Morgan fingerprint density at radius 1 is 1.47 bits per heavy atom. The van der Waals surface area contributed by atoms with Crippen LogP contribution in [0, 0.1) is 22.7 Å². The van der Waals surface area contributed by atoms with Gasteiger partial charge >= 0.3 is 0 Å². The van der Waals surface area contributed by atoms with Crippen LogP contribution < -0.4 is 0 Å². The van der Waals surface area contributed by atoms with E-state index in [2.05, 4.69) is 26.8 Å². The van der Waals surface area contributed by atoms with Crippen molar-refractivity contribution in [1.29, 1.82) is 5.26 Å². The molecule has 15 heavy (non-hydrogen) atoms. The SMILES string of the molecule is CC(C)(C)C1CCC(=O)N(CC#N)CC1. The van der Waals surface area contributed by atoms with E-state index < -0.39 is 0 Å². The quantitative estimate of drug-likeness (QED) is 0.620. The van der Waals surface area contributed by atoms with Crippen molar-refractivity contribution in [1.82, 2.24) is 4.90 Å². The first-order chi connectivity index (χ1) is 6.95. The van der Waals surface area contributed by atoms with Crippen LogP contribution in [-0.2, 0) is 4.79 Å². The first-order valence-corrected chi connectivity index (χ1v) is 5.60. The van der Waals surface area contributed by atoms with Crippen molar-refractivity contribution < 1.29 is 4.79 Å². The Balaban J connectivity index is 2.62. The van der Waals surface area contributed by atoms with E-state index in [9.17, 15) is 4.79 Å². The molecule has 3 heteroatoms. The van der Waals surface area contributed by atoms with Crippen LogP contribution in [0.1, 0.15) is 40.0 Å². The highest BCUT2D eigenvalue weighted by atomic mass is 16.2. The van der Waals surface area contributed by atoms with Gasteiger partial charge in [-0.15, -0.1) is 0 Å². The summed E-state index contributed by atoms with van der Waals surface area (Å²) in [7, 11) is 0. The van der Waals surface area contributed by atoms with Gasteiger partial charge in [-0.3, -0.25) is 4.79 Å². The van der Waals surface area contributed by atoms with Gasteiger partial charge in [0.1, 0.15) is 6.54 Å². The summed E-state index contributed by atoms with van der Waals surface area (Å²) in [5, 5.41) is 8.61. The number of nitrogens with zero attached hydrogens (tertiary/aromatic N) is 2. The summed E-state index contributed by atoms with van der Waals surface area (Å²) in [5.74, 6) is 0.730. The van der Waals surface area contributed by atoms with Crippen molar-refractivity contribution in [3.05, 3.63) is 0 Å². The summed E-state index contributed by atoms with van der Waals surface area (Å²) in [6.45, 7) is 7.66. The van der Waals surface area contributed by atoms with E-state index in [4.69, 9.17) is 5.26 Å². The van der Waals surface area contributed by atoms with E-state index in [0.717, 1.165) is 19.4 Å². The topological polar surface area (TPSA) is 44.1 Å². The van der Waals surface area contributed by atoms with Gasteiger partial charge in [-0.05, 0) is 24.2 Å². The summed E-state index contributed by atoms with van der Waals surface area (Å²) in [6.07, 6.45) is 2.59. The van der Waals surface area contributed by atoms with Gasteiger partial charge in [0.2, 0.25) is 5.91 Å². The molecule has 1 aliphatic rings. The second-order valence-corrected chi connectivity index (χ2v) is 5.36. The minimum Gasteiger partial charge on any atom is -0.329 e.